The molecule has 0 aliphatic carbocycles. The number of hydrogen-bond donors (Lipinski definition) is 2. The van der Waals surface area contributed by atoms with Crippen molar-refractivity contribution >= 4 is 5.84 Å². The zero-order valence-corrected chi connectivity index (χ0v) is 7.40. The quantitative estimate of drug-likeness (QED) is 0.602. The highest BCUT2D eigenvalue weighted by atomic mass is 16.5. The van der Waals surface area contributed by atoms with Crippen molar-refractivity contribution in [2.24, 2.45) is 4.99 Å². The molecule has 0 amide bonds. The number of hydrogen-bond acceptors (Lipinski definition) is 4. The van der Waals surface area contributed by atoms with Gasteiger partial charge in [-0.15, -0.1) is 6.58 Å². The molecule has 0 saturated carbocycles. The summed E-state index contributed by atoms with van der Waals surface area (Å²) >= 11 is 0. The van der Waals surface area contributed by atoms with E-state index in [2.05, 4.69) is 11.6 Å². The number of aliphatic hydroxyl groups is 1. The highest BCUT2D eigenvalue weighted by Gasteiger charge is 2.10. The maximum Gasteiger partial charge on any atom is 0.123 e. The van der Waals surface area contributed by atoms with Crippen molar-refractivity contribution in [3.05, 3.63) is 12.7 Å². The van der Waals surface area contributed by atoms with E-state index in [1.54, 1.807) is 0 Å². The number of aliphatic imine (C=N–C) groups is 1. The number of hydroxylamine groups is 2. The highest BCUT2D eigenvalue weighted by Crippen LogP contribution is 1.99. The van der Waals surface area contributed by atoms with Gasteiger partial charge in [0, 0.05) is 6.42 Å². The van der Waals surface area contributed by atoms with Crippen LogP contribution in [-0.4, -0.2) is 40.9 Å². The molecular formula is C8H16N2O2. The van der Waals surface area contributed by atoms with Crippen LogP contribution in [0, 0.1) is 0 Å². The van der Waals surface area contributed by atoms with Crippen molar-refractivity contribution < 1.29 is 10.3 Å². The van der Waals surface area contributed by atoms with Crippen molar-refractivity contribution in [2.75, 3.05) is 19.7 Å². The second kappa shape index (κ2) is 6.82. The Morgan fingerprint density at radius 3 is 2.50 bits per heavy atom. The zero-order valence-electron chi connectivity index (χ0n) is 7.40. The predicted molar refractivity (Wildman–Crippen MR) is 48.4 cm³/mol. The summed E-state index contributed by atoms with van der Waals surface area (Å²) in [6.07, 6.45) is 2.26. The monoisotopic (exact) mass is 172 g/mol. The van der Waals surface area contributed by atoms with E-state index in [1.165, 1.54) is 11.1 Å². The van der Waals surface area contributed by atoms with Gasteiger partial charge in [0.1, 0.15) is 5.84 Å². The van der Waals surface area contributed by atoms with Gasteiger partial charge in [-0.1, -0.05) is 13.0 Å². The first kappa shape index (κ1) is 11.1. The fraction of sp³-hybridized carbons (Fsp3) is 0.625. The minimum absolute atomic E-state index is 0.0833. The minimum Gasteiger partial charge on any atom is -0.392 e. The van der Waals surface area contributed by atoms with Crippen molar-refractivity contribution in [2.45, 2.75) is 13.3 Å². The molecule has 0 saturated heterocycles. The fourth-order valence-corrected chi connectivity index (χ4v) is 0.779. The van der Waals surface area contributed by atoms with E-state index in [-0.39, 0.29) is 6.61 Å². The van der Waals surface area contributed by atoms with Crippen molar-refractivity contribution in [3.63, 3.8) is 0 Å². The third kappa shape index (κ3) is 4.10. The molecule has 1 heterocycles. The molecular weight excluding hydrogens is 156 g/mol. The smallest absolute Gasteiger partial charge is 0.123 e. The first-order chi connectivity index (χ1) is 5.76. The predicted octanol–water partition coefficient (Wildman–Crippen LogP) is 0.664. The first-order valence-electron chi connectivity index (χ1n) is 3.97. The molecule has 0 aromatic rings. The van der Waals surface area contributed by atoms with Crippen LogP contribution in [0.2, 0.25) is 0 Å². The van der Waals surface area contributed by atoms with Crippen LogP contribution in [0.15, 0.2) is 17.6 Å². The molecule has 1 rings (SSSR count). The molecule has 0 radical (unpaired) electrons. The Bertz CT molecular complexity index is 157. The summed E-state index contributed by atoms with van der Waals surface area (Å²) in [4.78, 5) is 4.03. The average Bonchev–Trinajstić information content (AvgIpc) is 2.51. The fourth-order valence-electron chi connectivity index (χ4n) is 0.779. The largest absolute Gasteiger partial charge is 0.392 e. The highest BCUT2D eigenvalue weighted by molar-refractivity contribution is 5.82. The third-order valence-electron chi connectivity index (χ3n) is 1.35. The Hall–Kier alpha value is -0.870. The van der Waals surface area contributed by atoms with E-state index in [1.807, 2.05) is 6.92 Å². The molecule has 0 fully saturated rings. The SMILES string of the molecule is C=CCO.CCC1=NCCN1O. The molecule has 4 heteroatoms. The summed E-state index contributed by atoms with van der Waals surface area (Å²) in [5.41, 5.74) is 0. The van der Waals surface area contributed by atoms with Crippen LogP contribution in [-0.2, 0) is 0 Å². The number of amidine groups is 1. The molecule has 4 nitrogen and oxygen atoms in total. The maximum absolute atomic E-state index is 8.89. The van der Waals surface area contributed by atoms with Crippen LogP contribution >= 0.6 is 0 Å². The molecule has 12 heavy (non-hydrogen) atoms. The van der Waals surface area contributed by atoms with E-state index in [9.17, 15) is 0 Å². The van der Waals surface area contributed by atoms with Gasteiger partial charge in [0.2, 0.25) is 0 Å². The summed E-state index contributed by atoms with van der Waals surface area (Å²) in [5.74, 6) is 0.810. The Labute approximate surface area is 72.8 Å². The van der Waals surface area contributed by atoms with E-state index < -0.39 is 0 Å². The van der Waals surface area contributed by atoms with Gasteiger partial charge in [-0.3, -0.25) is 10.2 Å². The Morgan fingerprint density at radius 1 is 1.75 bits per heavy atom. The molecule has 70 valence electrons. The molecule has 0 unspecified atom stereocenters. The van der Waals surface area contributed by atoms with Crippen molar-refractivity contribution in [1.82, 2.24) is 5.06 Å². The van der Waals surface area contributed by atoms with Crippen LogP contribution in [0.25, 0.3) is 0 Å². The summed E-state index contributed by atoms with van der Waals surface area (Å²) < 4.78 is 0. The molecule has 0 aromatic heterocycles. The molecule has 0 atom stereocenters. The van der Waals surface area contributed by atoms with Gasteiger partial charge in [0.15, 0.2) is 0 Å². The van der Waals surface area contributed by atoms with Crippen LogP contribution in [0.5, 0.6) is 0 Å². The van der Waals surface area contributed by atoms with Crippen LogP contribution in [0.1, 0.15) is 13.3 Å². The van der Waals surface area contributed by atoms with Crippen LogP contribution in [0.4, 0.5) is 0 Å². The molecule has 1 aliphatic rings. The van der Waals surface area contributed by atoms with E-state index >= 15 is 0 Å². The van der Waals surface area contributed by atoms with Gasteiger partial charge < -0.3 is 5.11 Å². The van der Waals surface area contributed by atoms with Gasteiger partial charge >= 0.3 is 0 Å². The van der Waals surface area contributed by atoms with E-state index in [4.69, 9.17) is 10.3 Å². The Balaban J connectivity index is 0.000000261. The lowest BCUT2D eigenvalue weighted by Gasteiger charge is -2.07. The molecule has 1 aliphatic heterocycles. The summed E-state index contributed by atoms with van der Waals surface area (Å²) in [6.45, 7) is 6.71. The van der Waals surface area contributed by atoms with Crippen LogP contribution in [0.3, 0.4) is 0 Å². The normalized spacial score (nSPS) is 14.9. The number of aliphatic hydroxyl groups excluding tert-OH is 1. The van der Waals surface area contributed by atoms with E-state index in [0.29, 0.717) is 6.54 Å². The van der Waals surface area contributed by atoms with Gasteiger partial charge in [-0.05, 0) is 0 Å². The zero-order chi connectivity index (χ0) is 9.40. The molecule has 0 bridgehead atoms. The lowest BCUT2D eigenvalue weighted by atomic mass is 10.4. The van der Waals surface area contributed by atoms with Crippen LogP contribution < -0.4 is 0 Å². The topological polar surface area (TPSA) is 56.1 Å². The third-order valence-corrected chi connectivity index (χ3v) is 1.35. The van der Waals surface area contributed by atoms with Crippen molar-refractivity contribution in [3.8, 4) is 0 Å². The first-order valence-corrected chi connectivity index (χ1v) is 3.97. The van der Waals surface area contributed by atoms with Gasteiger partial charge in [-0.2, -0.15) is 0 Å². The summed E-state index contributed by atoms with van der Waals surface area (Å²) in [5, 5.41) is 17.9. The second-order valence-electron chi connectivity index (χ2n) is 2.25. The molecule has 0 spiro atoms. The lowest BCUT2D eigenvalue weighted by molar-refractivity contribution is -0.00458. The summed E-state index contributed by atoms with van der Waals surface area (Å²) in [7, 11) is 0. The molecule has 0 aromatic carbocycles. The average molecular weight is 172 g/mol. The number of nitrogens with zero attached hydrogens (tertiary/aromatic N) is 2. The lowest BCUT2D eigenvalue weighted by Crippen LogP contribution is -2.22. The van der Waals surface area contributed by atoms with Gasteiger partial charge in [-0.25, -0.2) is 5.06 Å². The van der Waals surface area contributed by atoms with Gasteiger partial charge in [0.25, 0.3) is 0 Å². The van der Waals surface area contributed by atoms with Crippen molar-refractivity contribution in [1.29, 1.82) is 0 Å². The Morgan fingerprint density at radius 2 is 2.33 bits per heavy atom. The second-order valence-corrected chi connectivity index (χ2v) is 2.25. The number of rotatable bonds is 2. The Kier molecular flexibility index (Phi) is 6.32. The standard InChI is InChI=1S/C5H10N2O.C3H6O/c1-2-5-6-3-4-7(5)8;1-2-3-4/h8H,2-4H2,1H3;2,4H,1,3H2. The summed E-state index contributed by atoms with van der Waals surface area (Å²) in [6, 6.07) is 0. The van der Waals surface area contributed by atoms with Gasteiger partial charge in [0.05, 0.1) is 19.7 Å². The minimum atomic E-state index is 0.0833. The van der Waals surface area contributed by atoms with E-state index in [0.717, 1.165) is 18.8 Å². The maximum atomic E-state index is 8.89. The molecule has 2 N–H and O–H groups in total.